The smallest absolute Gasteiger partial charge is 0.438 e. The van der Waals surface area contributed by atoms with Gasteiger partial charge in [-0.2, -0.15) is 31.3 Å². The first-order valence-electron chi connectivity index (χ1n) is 4.96. The second-order valence-corrected chi connectivity index (χ2v) is 4.25. The normalized spacial score (nSPS) is 11.9. The van der Waals surface area contributed by atoms with E-state index in [9.17, 15) is 31.1 Å². The Morgan fingerprint density at radius 2 is 1.30 bits per heavy atom. The molecular formula is C10H14F6N2O2. The molecule has 0 rings (SSSR count). The average Bonchev–Trinajstić information content (AvgIpc) is 2.08. The van der Waals surface area contributed by atoms with Crippen LogP contribution in [0.1, 0.15) is 20.8 Å². The standard InChI is InChI=1S/C8H9F6NO2.C2H5N/c1-6(2,3)17-5(16)15-4(7(9,10)11)8(12,13)14;1-3-2/h1-3H3;1H2,2H3. The Bertz CT molecular complexity index is 349. The fourth-order valence-electron chi connectivity index (χ4n) is 0.664. The van der Waals surface area contributed by atoms with Gasteiger partial charge in [0.05, 0.1) is 0 Å². The molecule has 10 heteroatoms. The second kappa shape index (κ2) is 7.25. The molecule has 0 aromatic carbocycles. The van der Waals surface area contributed by atoms with Gasteiger partial charge in [0.25, 0.3) is 0 Å². The van der Waals surface area contributed by atoms with Gasteiger partial charge in [-0.05, 0) is 27.5 Å². The molecule has 0 aromatic rings. The molecule has 0 saturated heterocycles. The predicted octanol–water partition coefficient (Wildman–Crippen LogP) is 3.80. The summed E-state index contributed by atoms with van der Waals surface area (Å²) in [7, 11) is 1.64. The van der Waals surface area contributed by atoms with E-state index in [4.69, 9.17) is 0 Å². The summed E-state index contributed by atoms with van der Waals surface area (Å²) in [4.78, 5) is 15.9. The van der Waals surface area contributed by atoms with E-state index in [2.05, 4.69) is 16.4 Å². The number of halogens is 6. The van der Waals surface area contributed by atoms with Crippen LogP contribution >= 0.6 is 0 Å². The average molecular weight is 308 g/mol. The molecule has 1 amide bonds. The summed E-state index contributed by atoms with van der Waals surface area (Å²) in [6.07, 6.45) is -13.5. The van der Waals surface area contributed by atoms with Gasteiger partial charge in [-0.1, -0.05) is 0 Å². The molecule has 0 saturated carbocycles. The lowest BCUT2D eigenvalue weighted by Crippen LogP contribution is -2.38. The molecule has 0 aliphatic rings. The van der Waals surface area contributed by atoms with Gasteiger partial charge in [0.1, 0.15) is 5.60 Å². The van der Waals surface area contributed by atoms with Crippen LogP contribution < -0.4 is 0 Å². The molecule has 0 aliphatic heterocycles. The minimum absolute atomic E-state index is 1.23. The molecule has 0 fully saturated rings. The van der Waals surface area contributed by atoms with Crippen molar-refractivity contribution in [2.75, 3.05) is 7.05 Å². The SMILES string of the molecule is C=NC.CC(C)(C)OC(=O)N=C(C(F)(F)F)C(F)(F)F. The molecule has 0 atom stereocenters. The number of nitrogens with zero attached hydrogens (tertiary/aromatic N) is 2. The van der Waals surface area contributed by atoms with Crippen molar-refractivity contribution in [1.82, 2.24) is 0 Å². The predicted molar refractivity (Wildman–Crippen MR) is 61.3 cm³/mol. The van der Waals surface area contributed by atoms with Crippen LogP contribution in [0, 0.1) is 0 Å². The fourth-order valence-corrected chi connectivity index (χ4v) is 0.664. The van der Waals surface area contributed by atoms with Gasteiger partial charge in [0, 0.05) is 7.05 Å². The molecular weight excluding hydrogens is 294 g/mol. The van der Waals surface area contributed by atoms with Crippen molar-refractivity contribution in [1.29, 1.82) is 0 Å². The summed E-state index contributed by atoms with van der Waals surface area (Å²) in [5, 5.41) is 0. The van der Waals surface area contributed by atoms with Crippen molar-refractivity contribution in [3.05, 3.63) is 0 Å². The van der Waals surface area contributed by atoms with Crippen molar-refractivity contribution >= 4 is 18.5 Å². The Kier molecular flexibility index (Phi) is 7.50. The Hall–Kier alpha value is -1.61. The van der Waals surface area contributed by atoms with Gasteiger partial charge in [-0.25, -0.2) is 4.79 Å². The van der Waals surface area contributed by atoms with E-state index in [0.717, 1.165) is 0 Å². The Balaban J connectivity index is 0. The molecule has 0 radical (unpaired) electrons. The Labute approximate surface area is 111 Å². The molecule has 0 spiro atoms. The maximum Gasteiger partial charge on any atom is 0.438 e. The lowest BCUT2D eigenvalue weighted by molar-refractivity contribution is -0.118. The number of aliphatic imine (C=N–C) groups is 2. The van der Waals surface area contributed by atoms with Gasteiger partial charge in [-0.15, -0.1) is 0 Å². The number of hydrogen-bond donors (Lipinski definition) is 0. The molecule has 0 bridgehead atoms. The largest absolute Gasteiger partial charge is 0.442 e. The third-order valence-electron chi connectivity index (χ3n) is 1.13. The highest BCUT2D eigenvalue weighted by Crippen LogP contribution is 2.30. The quantitative estimate of drug-likeness (QED) is 0.505. The van der Waals surface area contributed by atoms with Gasteiger partial charge >= 0.3 is 18.4 Å². The first-order valence-corrected chi connectivity index (χ1v) is 4.96. The van der Waals surface area contributed by atoms with E-state index >= 15 is 0 Å². The van der Waals surface area contributed by atoms with E-state index in [1.165, 1.54) is 20.8 Å². The number of ether oxygens (including phenoxy) is 1. The van der Waals surface area contributed by atoms with Crippen LogP contribution in [-0.2, 0) is 4.74 Å². The van der Waals surface area contributed by atoms with Crippen LogP contribution in [0.3, 0.4) is 0 Å². The lowest BCUT2D eigenvalue weighted by Gasteiger charge is -2.18. The third-order valence-corrected chi connectivity index (χ3v) is 1.13. The Morgan fingerprint density at radius 3 is 1.50 bits per heavy atom. The summed E-state index contributed by atoms with van der Waals surface area (Å²) >= 11 is 0. The highest BCUT2D eigenvalue weighted by molar-refractivity contribution is 6.00. The van der Waals surface area contributed by atoms with E-state index in [-0.39, 0.29) is 0 Å². The third kappa shape index (κ3) is 10.3. The monoisotopic (exact) mass is 308 g/mol. The number of rotatable bonds is 0. The number of amides is 1. The zero-order chi connectivity index (χ0) is 16.8. The van der Waals surface area contributed by atoms with Gasteiger partial charge < -0.3 is 9.73 Å². The first-order chi connectivity index (χ1) is 8.65. The minimum Gasteiger partial charge on any atom is -0.442 e. The van der Waals surface area contributed by atoms with Crippen LogP contribution in [0.2, 0.25) is 0 Å². The zero-order valence-corrected chi connectivity index (χ0v) is 11.2. The van der Waals surface area contributed by atoms with Gasteiger partial charge in [0.2, 0.25) is 5.71 Å². The number of carbonyl (C=O) groups excluding carboxylic acids is 1. The molecule has 0 N–H and O–H groups in total. The molecule has 0 unspecified atom stereocenters. The summed E-state index contributed by atoms with van der Waals surface area (Å²) in [5.41, 5.74) is -4.37. The molecule has 0 aliphatic carbocycles. The van der Waals surface area contributed by atoms with Crippen LogP contribution in [0.4, 0.5) is 31.1 Å². The summed E-state index contributed by atoms with van der Waals surface area (Å²) in [5.74, 6) is 0. The van der Waals surface area contributed by atoms with Crippen molar-refractivity contribution in [2.24, 2.45) is 9.98 Å². The maximum atomic E-state index is 12.0. The number of hydrogen-bond acceptors (Lipinski definition) is 3. The summed E-state index contributed by atoms with van der Waals surface area (Å²) < 4.78 is 75.9. The topological polar surface area (TPSA) is 51.0 Å². The molecule has 0 heterocycles. The highest BCUT2D eigenvalue weighted by Gasteiger charge is 2.54. The number of carbonyl (C=O) groups is 1. The molecule has 0 aromatic heterocycles. The lowest BCUT2D eigenvalue weighted by atomic mass is 10.2. The van der Waals surface area contributed by atoms with Crippen LogP contribution in [0.25, 0.3) is 0 Å². The van der Waals surface area contributed by atoms with E-state index < -0.39 is 29.8 Å². The summed E-state index contributed by atoms with van der Waals surface area (Å²) in [6, 6.07) is 0. The van der Waals surface area contributed by atoms with Crippen LogP contribution in [0.15, 0.2) is 9.98 Å². The van der Waals surface area contributed by atoms with Crippen molar-refractivity contribution in [3.63, 3.8) is 0 Å². The minimum atomic E-state index is -5.77. The molecule has 20 heavy (non-hydrogen) atoms. The van der Waals surface area contributed by atoms with Gasteiger partial charge in [0.15, 0.2) is 0 Å². The second-order valence-electron chi connectivity index (χ2n) is 4.25. The summed E-state index contributed by atoms with van der Waals surface area (Å²) in [6.45, 7) is 6.95. The highest BCUT2D eigenvalue weighted by atomic mass is 19.4. The van der Waals surface area contributed by atoms with E-state index in [1.807, 2.05) is 4.99 Å². The fraction of sp³-hybridized carbons (Fsp3) is 0.700. The van der Waals surface area contributed by atoms with E-state index in [1.54, 1.807) is 7.05 Å². The molecule has 4 nitrogen and oxygen atoms in total. The van der Waals surface area contributed by atoms with Crippen LogP contribution in [-0.4, -0.2) is 43.5 Å². The number of alkyl halides is 6. The van der Waals surface area contributed by atoms with Crippen molar-refractivity contribution < 1.29 is 35.9 Å². The van der Waals surface area contributed by atoms with Gasteiger partial charge in [-0.3, -0.25) is 0 Å². The van der Waals surface area contributed by atoms with E-state index in [0.29, 0.717) is 0 Å². The Morgan fingerprint density at radius 1 is 1.00 bits per heavy atom. The van der Waals surface area contributed by atoms with Crippen molar-refractivity contribution in [2.45, 2.75) is 38.7 Å². The molecule has 118 valence electrons. The van der Waals surface area contributed by atoms with Crippen molar-refractivity contribution in [3.8, 4) is 0 Å². The first kappa shape index (κ1) is 20.7. The maximum absolute atomic E-state index is 12.0. The van der Waals surface area contributed by atoms with Crippen LogP contribution in [0.5, 0.6) is 0 Å². The zero-order valence-electron chi connectivity index (χ0n) is 11.2.